The van der Waals surface area contributed by atoms with Gasteiger partial charge >= 0.3 is 0 Å². The van der Waals surface area contributed by atoms with E-state index in [-0.39, 0.29) is 18.3 Å². The average Bonchev–Trinajstić information content (AvgIpc) is 3.30. The van der Waals surface area contributed by atoms with Gasteiger partial charge in [0.15, 0.2) is 0 Å². The highest BCUT2D eigenvalue weighted by atomic mass is 35.5. The maximum Gasteiger partial charge on any atom is 0.234 e. The Bertz CT molecular complexity index is 440. The number of carbonyl (C=O) groups is 1. The first kappa shape index (κ1) is 18.7. The van der Waals surface area contributed by atoms with Crippen molar-refractivity contribution in [2.75, 3.05) is 33.3 Å². The second kappa shape index (κ2) is 9.66. The van der Waals surface area contributed by atoms with Crippen LogP contribution in [0.2, 0.25) is 0 Å². The Kier molecular flexibility index (Phi) is 8.24. The van der Waals surface area contributed by atoms with Gasteiger partial charge in [0.1, 0.15) is 12.4 Å². The van der Waals surface area contributed by atoms with Crippen LogP contribution in [0.5, 0.6) is 5.75 Å². The van der Waals surface area contributed by atoms with Gasteiger partial charge in [0.2, 0.25) is 5.91 Å². The van der Waals surface area contributed by atoms with Crippen LogP contribution in [0.15, 0.2) is 30.3 Å². The first-order valence-corrected chi connectivity index (χ1v) is 7.55. The van der Waals surface area contributed by atoms with E-state index in [1.54, 1.807) is 0 Å². The number of nitrogens with two attached hydrogens (primary N) is 1. The highest BCUT2D eigenvalue weighted by molar-refractivity contribution is 5.85. The summed E-state index contributed by atoms with van der Waals surface area (Å²) in [5.74, 6) is 1.52. The van der Waals surface area contributed by atoms with Crippen molar-refractivity contribution in [1.29, 1.82) is 0 Å². The summed E-state index contributed by atoms with van der Waals surface area (Å²) in [6.07, 6.45) is 2.47. The molecule has 0 heterocycles. The Labute approximate surface area is 138 Å². The highest BCUT2D eigenvalue weighted by Crippen LogP contribution is 2.34. The molecule has 0 aromatic heterocycles. The van der Waals surface area contributed by atoms with Crippen molar-refractivity contribution in [3.63, 3.8) is 0 Å². The molecule has 1 aliphatic rings. The molecule has 5 nitrogen and oxygen atoms in total. The van der Waals surface area contributed by atoms with Crippen LogP contribution in [-0.4, -0.2) is 50.1 Å². The van der Waals surface area contributed by atoms with E-state index < -0.39 is 0 Å². The van der Waals surface area contributed by atoms with E-state index in [0.29, 0.717) is 38.2 Å². The fourth-order valence-electron chi connectivity index (χ4n) is 2.49. The molecule has 1 aromatic rings. The number of nitrogens with zero attached hydrogens (tertiary/aromatic N) is 1. The minimum Gasteiger partial charge on any atom is -0.492 e. The number of carbonyl (C=O) groups excluding carboxylic acids is 1. The minimum absolute atomic E-state index is 0. The molecule has 0 bridgehead atoms. The van der Waals surface area contributed by atoms with Crippen molar-refractivity contribution in [3.8, 4) is 5.75 Å². The van der Waals surface area contributed by atoms with Gasteiger partial charge in [-0.3, -0.25) is 9.69 Å². The van der Waals surface area contributed by atoms with Gasteiger partial charge in [-0.1, -0.05) is 18.2 Å². The summed E-state index contributed by atoms with van der Waals surface area (Å²) in [6.45, 7) is 2.00. The molecule has 1 unspecified atom stereocenters. The van der Waals surface area contributed by atoms with Crippen molar-refractivity contribution >= 4 is 18.3 Å². The van der Waals surface area contributed by atoms with Crippen molar-refractivity contribution < 1.29 is 9.53 Å². The Morgan fingerprint density at radius 2 is 2.09 bits per heavy atom. The monoisotopic (exact) mass is 327 g/mol. The summed E-state index contributed by atoms with van der Waals surface area (Å²) in [5.41, 5.74) is 5.78. The smallest absolute Gasteiger partial charge is 0.234 e. The lowest BCUT2D eigenvalue weighted by Gasteiger charge is -2.26. The molecule has 0 aliphatic heterocycles. The molecule has 1 saturated carbocycles. The molecule has 6 heteroatoms. The SMILES string of the molecule is CN(CC(=O)NCCOc1ccccc1)C(CN)C1CC1.Cl. The Morgan fingerprint density at radius 3 is 2.68 bits per heavy atom. The summed E-state index contributed by atoms with van der Waals surface area (Å²) in [6, 6.07) is 9.92. The third-order valence-corrected chi connectivity index (χ3v) is 3.80. The fraction of sp³-hybridized carbons (Fsp3) is 0.562. The largest absolute Gasteiger partial charge is 0.492 e. The van der Waals surface area contributed by atoms with E-state index in [1.165, 1.54) is 12.8 Å². The molecule has 1 fully saturated rings. The number of hydrogen-bond donors (Lipinski definition) is 2. The predicted molar refractivity (Wildman–Crippen MR) is 90.4 cm³/mol. The Hall–Kier alpha value is -1.30. The second-order valence-electron chi connectivity index (χ2n) is 5.57. The van der Waals surface area contributed by atoms with Crippen LogP contribution in [-0.2, 0) is 4.79 Å². The molecule has 124 valence electrons. The highest BCUT2D eigenvalue weighted by Gasteiger charge is 2.33. The van der Waals surface area contributed by atoms with Crippen molar-refractivity contribution in [2.24, 2.45) is 11.7 Å². The first-order chi connectivity index (χ1) is 10.2. The number of likely N-dealkylation sites (N-methyl/N-ethyl adjacent to an activating group) is 1. The van der Waals surface area contributed by atoms with Gasteiger partial charge < -0.3 is 15.8 Å². The van der Waals surface area contributed by atoms with Gasteiger partial charge in [-0.05, 0) is 37.9 Å². The molecular weight excluding hydrogens is 302 g/mol. The molecule has 2 rings (SSSR count). The maximum atomic E-state index is 11.9. The van der Waals surface area contributed by atoms with Gasteiger partial charge in [0.05, 0.1) is 13.1 Å². The molecule has 1 aromatic carbocycles. The number of hydrogen-bond acceptors (Lipinski definition) is 4. The third kappa shape index (κ3) is 6.22. The van der Waals surface area contributed by atoms with Crippen LogP contribution in [0.4, 0.5) is 0 Å². The van der Waals surface area contributed by atoms with Gasteiger partial charge in [0, 0.05) is 12.6 Å². The normalized spacial score (nSPS) is 15.0. The van der Waals surface area contributed by atoms with Gasteiger partial charge in [-0.15, -0.1) is 12.4 Å². The van der Waals surface area contributed by atoms with E-state index in [1.807, 2.05) is 37.4 Å². The van der Waals surface area contributed by atoms with Crippen molar-refractivity contribution in [3.05, 3.63) is 30.3 Å². The van der Waals surface area contributed by atoms with E-state index >= 15 is 0 Å². The summed E-state index contributed by atoms with van der Waals surface area (Å²) in [7, 11) is 1.97. The zero-order chi connectivity index (χ0) is 15.1. The number of benzene rings is 1. The molecule has 1 atom stereocenters. The summed E-state index contributed by atoms with van der Waals surface area (Å²) >= 11 is 0. The van der Waals surface area contributed by atoms with E-state index in [2.05, 4.69) is 10.2 Å². The number of amides is 1. The van der Waals surface area contributed by atoms with Crippen LogP contribution in [0, 0.1) is 5.92 Å². The van der Waals surface area contributed by atoms with E-state index in [9.17, 15) is 4.79 Å². The average molecular weight is 328 g/mol. The maximum absolute atomic E-state index is 11.9. The minimum atomic E-state index is 0. The molecule has 0 saturated heterocycles. The number of rotatable bonds is 9. The first-order valence-electron chi connectivity index (χ1n) is 7.55. The molecule has 0 radical (unpaired) electrons. The number of para-hydroxylation sites is 1. The van der Waals surface area contributed by atoms with Crippen LogP contribution >= 0.6 is 12.4 Å². The lowest BCUT2D eigenvalue weighted by molar-refractivity contribution is -0.122. The van der Waals surface area contributed by atoms with Crippen molar-refractivity contribution in [1.82, 2.24) is 10.2 Å². The molecule has 0 spiro atoms. The number of halogens is 1. The quantitative estimate of drug-likeness (QED) is 0.670. The number of nitrogens with one attached hydrogen (secondary N) is 1. The van der Waals surface area contributed by atoms with Crippen LogP contribution < -0.4 is 15.8 Å². The Balaban J connectivity index is 0.00000242. The fourth-order valence-corrected chi connectivity index (χ4v) is 2.49. The zero-order valence-electron chi connectivity index (χ0n) is 13.0. The topological polar surface area (TPSA) is 67.6 Å². The van der Waals surface area contributed by atoms with Crippen LogP contribution in [0.3, 0.4) is 0 Å². The standard InChI is InChI=1S/C16H25N3O2.ClH/c1-19(15(11-17)13-7-8-13)12-16(20)18-9-10-21-14-5-3-2-4-6-14;/h2-6,13,15H,7-12,17H2,1H3,(H,18,20);1H. The summed E-state index contributed by atoms with van der Waals surface area (Å²) < 4.78 is 5.53. The third-order valence-electron chi connectivity index (χ3n) is 3.80. The predicted octanol–water partition coefficient (Wildman–Crippen LogP) is 1.27. The lowest BCUT2D eigenvalue weighted by Crippen LogP contribution is -2.45. The van der Waals surface area contributed by atoms with E-state index in [4.69, 9.17) is 10.5 Å². The zero-order valence-corrected chi connectivity index (χ0v) is 13.8. The lowest BCUT2D eigenvalue weighted by atomic mass is 10.1. The molecule has 1 aliphatic carbocycles. The second-order valence-corrected chi connectivity index (χ2v) is 5.57. The Morgan fingerprint density at radius 1 is 1.41 bits per heavy atom. The van der Waals surface area contributed by atoms with Gasteiger partial charge in [-0.25, -0.2) is 0 Å². The van der Waals surface area contributed by atoms with E-state index in [0.717, 1.165) is 5.75 Å². The summed E-state index contributed by atoms with van der Waals surface area (Å²) in [5, 5.41) is 2.88. The number of ether oxygens (including phenoxy) is 1. The molecule has 1 amide bonds. The van der Waals surface area contributed by atoms with Gasteiger partial charge in [0.25, 0.3) is 0 Å². The van der Waals surface area contributed by atoms with Crippen LogP contribution in [0.25, 0.3) is 0 Å². The molecular formula is C16H26ClN3O2. The summed E-state index contributed by atoms with van der Waals surface area (Å²) in [4.78, 5) is 13.9. The van der Waals surface area contributed by atoms with Gasteiger partial charge in [-0.2, -0.15) is 0 Å². The molecule has 22 heavy (non-hydrogen) atoms. The molecule has 3 N–H and O–H groups in total. The van der Waals surface area contributed by atoms with Crippen molar-refractivity contribution in [2.45, 2.75) is 18.9 Å². The van der Waals surface area contributed by atoms with Crippen LogP contribution in [0.1, 0.15) is 12.8 Å².